The lowest BCUT2D eigenvalue weighted by Crippen LogP contribution is -2.00. The summed E-state index contributed by atoms with van der Waals surface area (Å²) in [6.45, 7) is 44.1. The van der Waals surface area contributed by atoms with E-state index in [-0.39, 0.29) is 0 Å². The molecule has 0 heteroatoms. The van der Waals surface area contributed by atoms with Crippen LogP contribution in [-0.4, -0.2) is 0 Å². The van der Waals surface area contributed by atoms with Crippen molar-refractivity contribution in [1.82, 2.24) is 0 Å². The van der Waals surface area contributed by atoms with Crippen LogP contribution < -0.4 is 0 Å². The fourth-order valence-electron chi connectivity index (χ4n) is 6.44. The van der Waals surface area contributed by atoms with Crippen molar-refractivity contribution in [2.75, 3.05) is 0 Å². The van der Waals surface area contributed by atoms with Crippen LogP contribution in [0.5, 0.6) is 0 Å². The summed E-state index contributed by atoms with van der Waals surface area (Å²) in [6.07, 6.45) is 23.5. The molecule has 0 radical (unpaired) electrons. The largest absolute Gasteiger partial charge is 0.0854 e. The zero-order chi connectivity index (χ0) is 37.8. The van der Waals surface area contributed by atoms with E-state index < -0.39 is 0 Å². The third-order valence-electron chi connectivity index (χ3n) is 10.1. The molecule has 0 heterocycles. The third-order valence-corrected chi connectivity index (χ3v) is 10.1. The van der Waals surface area contributed by atoms with E-state index in [0.29, 0.717) is 0 Å². The van der Waals surface area contributed by atoms with Gasteiger partial charge in [0.15, 0.2) is 0 Å². The Hall–Kier alpha value is -0.260. The fraction of sp³-hybridized carbons (Fsp3) is 0.958. The quantitative estimate of drug-likeness (QED) is 0.100. The molecule has 0 aromatic rings. The molecule has 0 spiro atoms. The van der Waals surface area contributed by atoms with Crippen LogP contribution in [0.2, 0.25) is 0 Å². The molecular formula is C48H100. The van der Waals surface area contributed by atoms with Crippen molar-refractivity contribution >= 4 is 0 Å². The first-order valence-corrected chi connectivity index (χ1v) is 21.8. The molecule has 0 nitrogen and oxygen atoms in total. The van der Waals surface area contributed by atoms with Crippen molar-refractivity contribution in [3.05, 3.63) is 11.6 Å². The average Bonchev–Trinajstić information content (AvgIpc) is 3.73. The van der Waals surface area contributed by atoms with Gasteiger partial charge >= 0.3 is 0 Å². The van der Waals surface area contributed by atoms with Gasteiger partial charge in [0.2, 0.25) is 0 Å². The van der Waals surface area contributed by atoms with Gasteiger partial charge in [0.25, 0.3) is 0 Å². The molecule has 1 rings (SSSR count). The molecule has 0 N–H and O–H groups in total. The number of allylic oxidation sites excluding steroid dienone is 2. The first-order chi connectivity index (χ1) is 22.2. The van der Waals surface area contributed by atoms with E-state index >= 15 is 0 Å². The van der Waals surface area contributed by atoms with Gasteiger partial charge in [-0.05, 0) is 110 Å². The van der Waals surface area contributed by atoms with Gasteiger partial charge in [-0.2, -0.15) is 0 Å². The summed E-state index contributed by atoms with van der Waals surface area (Å²) in [4.78, 5) is 0. The van der Waals surface area contributed by atoms with Gasteiger partial charge in [0.1, 0.15) is 0 Å². The highest BCUT2D eigenvalue weighted by Crippen LogP contribution is 2.47. The predicted octanol–water partition coefficient (Wildman–Crippen LogP) is 17.5. The molecule has 0 bridgehead atoms. The average molecular weight is 677 g/mol. The smallest absolute Gasteiger partial charge is 0.0321 e. The van der Waals surface area contributed by atoms with Crippen LogP contribution in [0.25, 0.3) is 0 Å². The molecule has 0 aliphatic heterocycles. The van der Waals surface area contributed by atoms with Crippen molar-refractivity contribution in [3.8, 4) is 0 Å². The lowest BCUT2D eigenvalue weighted by molar-refractivity contribution is 0.388. The second-order valence-electron chi connectivity index (χ2n) is 19.9. The van der Waals surface area contributed by atoms with Crippen LogP contribution in [0, 0.1) is 71.0 Å². The maximum Gasteiger partial charge on any atom is -0.0321 e. The first kappa shape index (κ1) is 52.1. The summed E-state index contributed by atoms with van der Waals surface area (Å²) in [7, 11) is 0. The minimum atomic E-state index is 0.805. The van der Waals surface area contributed by atoms with Gasteiger partial charge in [-0.1, -0.05) is 200 Å². The van der Waals surface area contributed by atoms with E-state index in [9.17, 15) is 0 Å². The lowest BCUT2D eigenvalue weighted by atomic mass is 9.93. The van der Waals surface area contributed by atoms with Crippen molar-refractivity contribution < 1.29 is 0 Å². The van der Waals surface area contributed by atoms with E-state index in [1.807, 2.05) is 0 Å². The first-order valence-electron chi connectivity index (χ1n) is 21.8. The van der Waals surface area contributed by atoms with Crippen molar-refractivity contribution in [2.24, 2.45) is 71.0 Å². The summed E-state index contributed by atoms with van der Waals surface area (Å²) in [5.41, 5.74) is 1.57. The second-order valence-corrected chi connectivity index (χ2v) is 19.9. The minimum Gasteiger partial charge on any atom is -0.0854 e. The molecule has 3 unspecified atom stereocenters. The van der Waals surface area contributed by atoms with Gasteiger partial charge in [-0.3, -0.25) is 0 Å². The Kier molecular flexibility index (Phi) is 35.4. The van der Waals surface area contributed by atoms with E-state index in [2.05, 4.69) is 138 Å². The summed E-state index contributed by atoms with van der Waals surface area (Å²) in [5, 5.41) is 0. The zero-order valence-electron chi connectivity index (χ0n) is 37.6. The predicted molar refractivity (Wildman–Crippen MR) is 227 cm³/mol. The Morgan fingerprint density at radius 3 is 1.31 bits per heavy atom. The van der Waals surface area contributed by atoms with E-state index in [4.69, 9.17) is 0 Å². The van der Waals surface area contributed by atoms with E-state index in [1.54, 1.807) is 5.57 Å². The van der Waals surface area contributed by atoms with Crippen LogP contribution in [-0.2, 0) is 0 Å². The minimum absolute atomic E-state index is 0.805. The number of hydrogen-bond donors (Lipinski definition) is 0. The molecular weight excluding hydrogens is 577 g/mol. The maximum absolute atomic E-state index is 2.40. The number of rotatable bonds is 22. The highest BCUT2D eigenvalue weighted by molar-refractivity contribution is 4.98. The Bertz CT molecular complexity index is 648. The molecule has 3 atom stereocenters. The van der Waals surface area contributed by atoms with Gasteiger partial charge in [-0.15, -0.1) is 0 Å². The molecule has 1 aliphatic rings. The molecule has 1 fully saturated rings. The van der Waals surface area contributed by atoms with E-state index in [1.165, 1.54) is 96.3 Å². The molecule has 48 heavy (non-hydrogen) atoms. The lowest BCUT2D eigenvalue weighted by Gasteiger charge is -2.14. The fourth-order valence-corrected chi connectivity index (χ4v) is 6.44. The van der Waals surface area contributed by atoms with Gasteiger partial charge in [0, 0.05) is 0 Å². The maximum atomic E-state index is 2.40. The zero-order valence-corrected chi connectivity index (χ0v) is 37.6. The monoisotopic (exact) mass is 677 g/mol. The van der Waals surface area contributed by atoms with Crippen molar-refractivity contribution in [3.63, 3.8) is 0 Å². The van der Waals surface area contributed by atoms with Crippen molar-refractivity contribution in [1.29, 1.82) is 0 Å². The Labute approximate surface area is 309 Å². The summed E-state index contributed by atoms with van der Waals surface area (Å²) >= 11 is 0. The van der Waals surface area contributed by atoms with Crippen LogP contribution >= 0.6 is 0 Å². The van der Waals surface area contributed by atoms with Gasteiger partial charge in [-0.25, -0.2) is 0 Å². The number of hydrogen-bond acceptors (Lipinski definition) is 0. The summed E-state index contributed by atoms with van der Waals surface area (Å²) < 4.78 is 0. The molecule has 0 saturated heterocycles. The molecule has 0 aromatic heterocycles. The Morgan fingerprint density at radius 2 is 0.938 bits per heavy atom. The van der Waals surface area contributed by atoms with Crippen molar-refractivity contribution in [2.45, 2.75) is 228 Å². The highest BCUT2D eigenvalue weighted by Gasteiger charge is 2.38. The van der Waals surface area contributed by atoms with Crippen LogP contribution in [0.1, 0.15) is 228 Å². The summed E-state index contributed by atoms with van der Waals surface area (Å²) in [5.74, 6) is 11.1. The normalized spacial score (nSPS) is 17.0. The molecule has 1 aliphatic carbocycles. The standard InChI is InChI=1S/C12H24.C12H26.C12H24.C12H26/c1-9(2)6-5-7-11-8-12(11)10(3)4;2*1-10(2)6-8-12(5)9-7-11(3)4;1-10(2)7-6-8-12(5)9-11(3)4/h9-12H,5-8H2,1-4H3;10-12H,6-9H2,1-5H3;8,10-11H,6-7,9H2,1-5H3;10-12H,6-9H2,1-5H3/b;;12-8+;. The second kappa shape index (κ2) is 32.6. The molecule has 0 aromatic carbocycles. The van der Waals surface area contributed by atoms with Crippen LogP contribution in [0.3, 0.4) is 0 Å². The highest BCUT2D eigenvalue weighted by atomic mass is 14.4. The van der Waals surface area contributed by atoms with Gasteiger partial charge < -0.3 is 0 Å². The summed E-state index contributed by atoms with van der Waals surface area (Å²) in [6, 6.07) is 0. The Morgan fingerprint density at radius 1 is 0.479 bits per heavy atom. The van der Waals surface area contributed by atoms with Gasteiger partial charge in [0.05, 0.1) is 0 Å². The van der Waals surface area contributed by atoms with E-state index in [0.717, 1.165) is 71.0 Å². The molecule has 1 saturated carbocycles. The van der Waals surface area contributed by atoms with Crippen LogP contribution in [0.15, 0.2) is 11.6 Å². The Balaban J connectivity index is -0.000000562. The van der Waals surface area contributed by atoms with Crippen LogP contribution in [0.4, 0.5) is 0 Å². The molecule has 0 amide bonds. The third kappa shape index (κ3) is 43.8. The topological polar surface area (TPSA) is 0 Å². The molecule has 292 valence electrons. The SMILES string of the molecule is C/C(=C\CC(C)C)CCC(C)C.CC(C)CCC(C)CCC(C)C.CC(C)CCCC(C)CC(C)C.CC(C)CCCC1CC1C(C)C.